The van der Waals surface area contributed by atoms with Crippen LogP contribution < -0.4 is 10.6 Å². The highest BCUT2D eigenvalue weighted by Gasteiger charge is 2.24. The highest BCUT2D eigenvalue weighted by atomic mass is 32.2. The third-order valence-electron chi connectivity index (χ3n) is 2.71. The van der Waals surface area contributed by atoms with E-state index in [0.29, 0.717) is 12.2 Å². The van der Waals surface area contributed by atoms with Crippen molar-refractivity contribution in [3.8, 4) is 0 Å². The minimum atomic E-state index is -1.10. The molecular formula is C13H18N2O5S. The molecule has 0 saturated carbocycles. The van der Waals surface area contributed by atoms with Gasteiger partial charge in [-0.25, -0.2) is 4.79 Å². The Hall–Kier alpha value is -1.96. The Morgan fingerprint density at radius 2 is 2.10 bits per heavy atom. The van der Waals surface area contributed by atoms with Crippen LogP contribution in [0, 0.1) is 0 Å². The van der Waals surface area contributed by atoms with Crippen molar-refractivity contribution in [1.82, 2.24) is 10.6 Å². The molecule has 0 spiro atoms. The van der Waals surface area contributed by atoms with E-state index in [1.54, 1.807) is 6.07 Å². The molecule has 3 N–H and O–H groups in total. The summed E-state index contributed by atoms with van der Waals surface area (Å²) in [5.74, 6) is -1.47. The van der Waals surface area contributed by atoms with Crippen LogP contribution in [0.25, 0.3) is 0 Å². The maximum absolute atomic E-state index is 11.9. The molecule has 7 nitrogen and oxygen atoms in total. The number of hydrogen-bond acceptors (Lipinski definition) is 5. The van der Waals surface area contributed by atoms with Gasteiger partial charge in [-0.15, -0.1) is 0 Å². The number of amides is 2. The first-order chi connectivity index (χ1) is 9.95. The summed E-state index contributed by atoms with van der Waals surface area (Å²) in [6.45, 7) is 1.48. The smallest absolute Gasteiger partial charge is 0.326 e. The van der Waals surface area contributed by atoms with E-state index in [-0.39, 0.29) is 5.76 Å². The van der Waals surface area contributed by atoms with Crippen molar-refractivity contribution in [2.24, 2.45) is 0 Å². The molecule has 0 bridgehead atoms. The first-order valence-corrected chi connectivity index (χ1v) is 7.71. The molecule has 1 aromatic rings. The summed E-state index contributed by atoms with van der Waals surface area (Å²) < 4.78 is 4.91. The number of carboxylic acid groups (broad SMARTS) is 1. The predicted octanol–water partition coefficient (Wildman–Crippen LogP) is 0.720. The lowest BCUT2D eigenvalue weighted by molar-refractivity contribution is -0.142. The lowest BCUT2D eigenvalue weighted by Crippen LogP contribution is -2.50. The molecular weight excluding hydrogens is 296 g/mol. The number of carbonyl (C=O) groups is 3. The molecule has 1 heterocycles. The molecule has 2 atom stereocenters. The fourth-order valence-electron chi connectivity index (χ4n) is 1.53. The van der Waals surface area contributed by atoms with Gasteiger partial charge in [0.2, 0.25) is 5.91 Å². The largest absolute Gasteiger partial charge is 0.480 e. The van der Waals surface area contributed by atoms with E-state index in [2.05, 4.69) is 10.6 Å². The molecule has 1 aromatic heterocycles. The second-order valence-electron chi connectivity index (χ2n) is 4.35. The van der Waals surface area contributed by atoms with Crippen LogP contribution >= 0.6 is 11.8 Å². The van der Waals surface area contributed by atoms with E-state index >= 15 is 0 Å². The van der Waals surface area contributed by atoms with E-state index < -0.39 is 29.9 Å². The number of thioether (sulfide) groups is 1. The fraction of sp³-hybridized carbons (Fsp3) is 0.462. The van der Waals surface area contributed by atoms with Gasteiger partial charge >= 0.3 is 5.97 Å². The molecule has 0 aliphatic carbocycles. The first kappa shape index (κ1) is 17.1. The molecule has 21 heavy (non-hydrogen) atoms. The summed E-state index contributed by atoms with van der Waals surface area (Å²) in [7, 11) is 0. The van der Waals surface area contributed by atoms with Crippen LogP contribution in [0.2, 0.25) is 0 Å². The maximum Gasteiger partial charge on any atom is 0.326 e. The van der Waals surface area contributed by atoms with Crippen LogP contribution in [0.1, 0.15) is 23.9 Å². The summed E-state index contributed by atoms with van der Waals surface area (Å²) >= 11 is 1.49. The van der Waals surface area contributed by atoms with Gasteiger partial charge in [0.25, 0.3) is 5.91 Å². The summed E-state index contributed by atoms with van der Waals surface area (Å²) in [6.07, 6.45) is 3.52. The minimum Gasteiger partial charge on any atom is -0.480 e. The monoisotopic (exact) mass is 314 g/mol. The van der Waals surface area contributed by atoms with Gasteiger partial charge in [-0.2, -0.15) is 11.8 Å². The molecule has 0 radical (unpaired) electrons. The van der Waals surface area contributed by atoms with Crippen molar-refractivity contribution in [2.75, 3.05) is 12.0 Å². The van der Waals surface area contributed by atoms with Gasteiger partial charge in [0.15, 0.2) is 5.76 Å². The zero-order valence-corrected chi connectivity index (χ0v) is 12.6. The molecule has 0 fully saturated rings. The van der Waals surface area contributed by atoms with Gasteiger partial charge in [0.05, 0.1) is 6.26 Å². The number of carbonyl (C=O) groups excluding carboxylic acids is 2. The van der Waals surface area contributed by atoms with Gasteiger partial charge in [-0.3, -0.25) is 9.59 Å². The Morgan fingerprint density at radius 1 is 1.38 bits per heavy atom. The van der Waals surface area contributed by atoms with Crippen LogP contribution in [0.15, 0.2) is 22.8 Å². The third kappa shape index (κ3) is 5.50. The lowest BCUT2D eigenvalue weighted by atomic mass is 10.2. The molecule has 116 valence electrons. The van der Waals surface area contributed by atoms with Crippen molar-refractivity contribution in [1.29, 1.82) is 0 Å². The van der Waals surface area contributed by atoms with Crippen LogP contribution in [-0.4, -0.2) is 47.0 Å². The molecule has 2 unspecified atom stereocenters. The minimum absolute atomic E-state index is 0.0896. The molecule has 1 rings (SSSR count). The maximum atomic E-state index is 11.9. The normalized spacial score (nSPS) is 13.2. The van der Waals surface area contributed by atoms with Gasteiger partial charge in [0.1, 0.15) is 12.1 Å². The Labute approximate surface area is 126 Å². The number of aliphatic carboxylic acids is 1. The van der Waals surface area contributed by atoms with Gasteiger partial charge in [-0.1, -0.05) is 0 Å². The standard InChI is InChI=1S/C13H18N2O5S/c1-8(14-12(17)10-4-3-6-20-10)11(16)15-9(13(18)19)5-7-21-2/h3-4,6,8-9H,5,7H2,1-2H3,(H,14,17)(H,15,16)(H,18,19). The molecule has 8 heteroatoms. The topological polar surface area (TPSA) is 109 Å². The number of rotatable bonds is 8. The van der Waals surface area contributed by atoms with Crippen molar-refractivity contribution in [3.63, 3.8) is 0 Å². The quantitative estimate of drug-likeness (QED) is 0.652. The van der Waals surface area contributed by atoms with Crippen LogP contribution in [0.3, 0.4) is 0 Å². The van der Waals surface area contributed by atoms with Crippen molar-refractivity contribution in [3.05, 3.63) is 24.2 Å². The van der Waals surface area contributed by atoms with E-state index in [9.17, 15) is 14.4 Å². The highest BCUT2D eigenvalue weighted by Crippen LogP contribution is 2.03. The third-order valence-corrected chi connectivity index (χ3v) is 3.36. The highest BCUT2D eigenvalue weighted by molar-refractivity contribution is 7.98. The zero-order valence-electron chi connectivity index (χ0n) is 11.8. The Balaban J connectivity index is 2.52. The van der Waals surface area contributed by atoms with Crippen LogP contribution in [0.5, 0.6) is 0 Å². The molecule has 0 aromatic carbocycles. The van der Waals surface area contributed by atoms with Gasteiger partial charge in [-0.05, 0) is 37.5 Å². The van der Waals surface area contributed by atoms with Crippen molar-refractivity contribution < 1.29 is 23.9 Å². The molecule has 0 saturated heterocycles. The Morgan fingerprint density at radius 3 is 2.62 bits per heavy atom. The van der Waals surface area contributed by atoms with E-state index in [1.165, 1.54) is 31.0 Å². The van der Waals surface area contributed by atoms with Crippen molar-refractivity contribution >= 4 is 29.5 Å². The Kier molecular flexibility index (Phi) is 6.80. The van der Waals surface area contributed by atoms with E-state index in [1.807, 2.05) is 6.26 Å². The van der Waals surface area contributed by atoms with E-state index in [4.69, 9.17) is 9.52 Å². The summed E-state index contributed by atoms with van der Waals surface area (Å²) in [4.78, 5) is 34.7. The van der Waals surface area contributed by atoms with Crippen molar-refractivity contribution in [2.45, 2.75) is 25.4 Å². The fourth-order valence-corrected chi connectivity index (χ4v) is 2.00. The molecule has 0 aliphatic heterocycles. The molecule has 2 amide bonds. The summed E-state index contributed by atoms with van der Waals surface area (Å²) in [5.41, 5.74) is 0. The van der Waals surface area contributed by atoms with E-state index in [0.717, 1.165) is 0 Å². The second-order valence-corrected chi connectivity index (χ2v) is 5.34. The summed E-state index contributed by atoms with van der Waals surface area (Å²) in [5, 5.41) is 13.9. The zero-order chi connectivity index (χ0) is 15.8. The average molecular weight is 314 g/mol. The number of carboxylic acids is 1. The van der Waals surface area contributed by atoms with Gasteiger partial charge in [0, 0.05) is 0 Å². The van der Waals surface area contributed by atoms with Crippen LogP contribution in [-0.2, 0) is 9.59 Å². The van der Waals surface area contributed by atoms with Gasteiger partial charge < -0.3 is 20.2 Å². The summed E-state index contributed by atoms with van der Waals surface area (Å²) in [6, 6.07) is 1.20. The average Bonchev–Trinajstić information content (AvgIpc) is 2.96. The second kappa shape index (κ2) is 8.35. The number of furan rings is 1. The van der Waals surface area contributed by atoms with Crippen LogP contribution in [0.4, 0.5) is 0 Å². The number of nitrogens with one attached hydrogen (secondary N) is 2. The molecule has 0 aliphatic rings. The first-order valence-electron chi connectivity index (χ1n) is 6.32. The Bertz CT molecular complexity index is 489. The number of hydrogen-bond donors (Lipinski definition) is 3. The lowest BCUT2D eigenvalue weighted by Gasteiger charge is -2.18. The SMILES string of the molecule is CSCCC(NC(=O)C(C)NC(=O)c1ccco1)C(=O)O. The predicted molar refractivity (Wildman–Crippen MR) is 78.2 cm³/mol.